The topological polar surface area (TPSA) is 92.2 Å². The van der Waals surface area contributed by atoms with Crippen molar-refractivity contribution in [2.75, 3.05) is 6.54 Å². The summed E-state index contributed by atoms with van der Waals surface area (Å²) in [6.45, 7) is 4.33. The monoisotopic (exact) mass is 328 g/mol. The molecule has 1 amide bonds. The molecule has 0 spiro atoms. The fourth-order valence-electron chi connectivity index (χ4n) is 3.05. The number of ketones is 1. The van der Waals surface area contributed by atoms with E-state index in [1.165, 1.54) is 6.07 Å². The van der Waals surface area contributed by atoms with Gasteiger partial charge in [0.25, 0.3) is 11.5 Å². The van der Waals surface area contributed by atoms with Crippen LogP contribution in [0.1, 0.15) is 52.4 Å². The number of hydrogen-bond acceptors (Lipinski definition) is 4. The number of Topliss-reactive ketones (excluding diaryl/α,β-unsaturated/α-hetero) is 1. The first-order valence-electron chi connectivity index (χ1n) is 7.96. The highest BCUT2D eigenvalue weighted by atomic mass is 16.3. The molecule has 6 nitrogen and oxygen atoms in total. The number of fused-ring (bicyclic) bond motifs is 1. The van der Waals surface area contributed by atoms with Gasteiger partial charge in [-0.15, -0.1) is 0 Å². The van der Waals surface area contributed by atoms with Gasteiger partial charge in [-0.05, 0) is 30.0 Å². The first kappa shape index (κ1) is 16.2. The predicted octanol–water partition coefficient (Wildman–Crippen LogP) is 2.10. The van der Waals surface area contributed by atoms with Gasteiger partial charge in [0.1, 0.15) is 11.3 Å². The van der Waals surface area contributed by atoms with Gasteiger partial charge in [0.15, 0.2) is 5.78 Å². The Bertz CT molecular complexity index is 831. The van der Waals surface area contributed by atoms with Gasteiger partial charge in [0.2, 0.25) is 0 Å². The number of aromatic nitrogens is 1. The highest BCUT2D eigenvalue weighted by molar-refractivity contribution is 6.02. The maximum Gasteiger partial charge on any atom is 0.261 e. The molecule has 2 heterocycles. The molecule has 3 rings (SSSR count). The van der Waals surface area contributed by atoms with Crippen LogP contribution in [-0.2, 0) is 12.8 Å². The quantitative estimate of drug-likeness (QED) is 0.899. The summed E-state index contributed by atoms with van der Waals surface area (Å²) in [5.74, 6) is 0.234. The molecule has 2 N–H and O–H groups in total. The molecule has 0 aromatic carbocycles. The second kappa shape index (κ2) is 6.11. The minimum absolute atomic E-state index is 0.0266. The van der Waals surface area contributed by atoms with Crippen molar-refractivity contribution in [3.63, 3.8) is 0 Å². The molecule has 0 atom stereocenters. The SMILES string of the molecule is CC1(C)CC(=O)c2cc(C(=O)NCCc3ccco3)c(=O)[nH]c2C1. The highest BCUT2D eigenvalue weighted by Gasteiger charge is 2.32. The molecule has 1 aliphatic carbocycles. The molecule has 126 valence electrons. The van der Waals surface area contributed by atoms with E-state index in [2.05, 4.69) is 10.3 Å². The number of carbonyl (C=O) groups excluding carboxylic acids is 2. The Morgan fingerprint density at radius 1 is 1.33 bits per heavy atom. The Balaban J connectivity index is 1.76. The van der Waals surface area contributed by atoms with Crippen molar-refractivity contribution in [3.8, 4) is 0 Å². The van der Waals surface area contributed by atoms with Crippen molar-refractivity contribution < 1.29 is 14.0 Å². The molecule has 24 heavy (non-hydrogen) atoms. The summed E-state index contributed by atoms with van der Waals surface area (Å²) in [7, 11) is 0. The molecule has 0 fully saturated rings. The van der Waals surface area contributed by atoms with Crippen molar-refractivity contribution in [1.82, 2.24) is 10.3 Å². The van der Waals surface area contributed by atoms with Gasteiger partial charge in [0.05, 0.1) is 6.26 Å². The van der Waals surface area contributed by atoms with E-state index < -0.39 is 11.5 Å². The van der Waals surface area contributed by atoms with E-state index in [-0.39, 0.29) is 16.8 Å². The molecule has 0 radical (unpaired) electrons. The molecule has 0 unspecified atom stereocenters. The van der Waals surface area contributed by atoms with Crippen LogP contribution >= 0.6 is 0 Å². The lowest BCUT2D eigenvalue weighted by molar-refractivity contribution is 0.0910. The van der Waals surface area contributed by atoms with E-state index in [0.717, 1.165) is 5.76 Å². The number of nitrogens with one attached hydrogen (secondary N) is 2. The predicted molar refractivity (Wildman–Crippen MR) is 88.2 cm³/mol. The zero-order valence-electron chi connectivity index (χ0n) is 13.8. The smallest absolute Gasteiger partial charge is 0.261 e. The van der Waals surface area contributed by atoms with Gasteiger partial charge < -0.3 is 14.7 Å². The van der Waals surface area contributed by atoms with E-state index in [1.54, 1.807) is 12.3 Å². The fraction of sp³-hybridized carbons (Fsp3) is 0.389. The second-order valence-electron chi connectivity index (χ2n) is 6.93. The number of H-pyrrole nitrogens is 1. The van der Waals surface area contributed by atoms with Crippen LogP contribution in [0.2, 0.25) is 0 Å². The van der Waals surface area contributed by atoms with Crippen LogP contribution in [0.15, 0.2) is 33.7 Å². The third-order valence-electron chi connectivity index (χ3n) is 4.20. The Morgan fingerprint density at radius 2 is 2.12 bits per heavy atom. The molecule has 1 aliphatic rings. The minimum Gasteiger partial charge on any atom is -0.469 e. The number of hydrogen-bond donors (Lipinski definition) is 2. The van der Waals surface area contributed by atoms with Gasteiger partial charge in [-0.2, -0.15) is 0 Å². The van der Waals surface area contributed by atoms with Crippen LogP contribution in [0.3, 0.4) is 0 Å². The highest BCUT2D eigenvalue weighted by Crippen LogP contribution is 2.33. The second-order valence-corrected chi connectivity index (χ2v) is 6.93. The summed E-state index contributed by atoms with van der Waals surface area (Å²) in [5, 5.41) is 2.69. The van der Waals surface area contributed by atoms with Crippen LogP contribution in [0.25, 0.3) is 0 Å². The Hall–Kier alpha value is -2.63. The normalized spacial score (nSPS) is 15.8. The van der Waals surface area contributed by atoms with Gasteiger partial charge in [0, 0.05) is 30.6 Å². The molecule has 6 heteroatoms. The summed E-state index contributed by atoms with van der Waals surface area (Å²) >= 11 is 0. The van der Waals surface area contributed by atoms with Gasteiger partial charge in [-0.25, -0.2) is 0 Å². The summed E-state index contributed by atoms with van der Waals surface area (Å²) in [6.07, 6.45) is 3.13. The number of rotatable bonds is 4. The van der Waals surface area contributed by atoms with Crippen LogP contribution in [0.5, 0.6) is 0 Å². The van der Waals surface area contributed by atoms with E-state index in [0.29, 0.717) is 37.1 Å². The molecule has 0 saturated heterocycles. The molecular formula is C18H20N2O4. The first-order valence-corrected chi connectivity index (χ1v) is 7.96. The first-order chi connectivity index (χ1) is 11.4. The average molecular weight is 328 g/mol. The zero-order valence-corrected chi connectivity index (χ0v) is 13.8. The van der Waals surface area contributed by atoms with E-state index >= 15 is 0 Å². The Morgan fingerprint density at radius 3 is 2.83 bits per heavy atom. The van der Waals surface area contributed by atoms with Crippen LogP contribution in [-0.4, -0.2) is 23.2 Å². The Labute approximate surface area is 139 Å². The maximum absolute atomic E-state index is 12.3. The van der Waals surface area contributed by atoms with Crippen molar-refractivity contribution in [2.24, 2.45) is 5.41 Å². The largest absolute Gasteiger partial charge is 0.469 e. The number of aromatic amines is 1. The van der Waals surface area contributed by atoms with Crippen molar-refractivity contribution >= 4 is 11.7 Å². The minimum atomic E-state index is -0.483. The van der Waals surface area contributed by atoms with E-state index in [4.69, 9.17) is 4.42 Å². The number of furan rings is 1. The van der Waals surface area contributed by atoms with Gasteiger partial charge >= 0.3 is 0 Å². The lowest BCUT2D eigenvalue weighted by atomic mass is 9.75. The van der Waals surface area contributed by atoms with Crippen LogP contribution in [0.4, 0.5) is 0 Å². The lowest BCUT2D eigenvalue weighted by Gasteiger charge is -2.29. The van der Waals surface area contributed by atoms with Crippen LogP contribution in [0, 0.1) is 5.41 Å². The molecular weight excluding hydrogens is 308 g/mol. The van der Waals surface area contributed by atoms with Crippen molar-refractivity contribution in [2.45, 2.75) is 33.1 Å². The molecule has 0 bridgehead atoms. The van der Waals surface area contributed by atoms with Crippen LogP contribution < -0.4 is 10.9 Å². The van der Waals surface area contributed by atoms with Gasteiger partial charge in [-0.1, -0.05) is 13.8 Å². The number of pyridine rings is 1. The van der Waals surface area contributed by atoms with E-state index in [1.807, 2.05) is 19.9 Å². The van der Waals surface area contributed by atoms with E-state index in [9.17, 15) is 14.4 Å². The zero-order chi connectivity index (χ0) is 17.3. The third-order valence-corrected chi connectivity index (χ3v) is 4.20. The third kappa shape index (κ3) is 3.32. The molecule has 0 saturated carbocycles. The van der Waals surface area contributed by atoms with Crippen molar-refractivity contribution in [1.29, 1.82) is 0 Å². The fourth-order valence-corrected chi connectivity index (χ4v) is 3.05. The lowest BCUT2D eigenvalue weighted by Crippen LogP contribution is -2.35. The number of carbonyl (C=O) groups is 2. The Kier molecular flexibility index (Phi) is 4.13. The summed E-state index contributed by atoms with van der Waals surface area (Å²) in [4.78, 5) is 39.4. The van der Waals surface area contributed by atoms with Crippen molar-refractivity contribution in [3.05, 3.63) is 57.4 Å². The number of amides is 1. The standard InChI is InChI=1S/C18H20N2O4/c1-18(2)9-14-12(15(21)10-18)8-13(17(23)20-14)16(22)19-6-5-11-4-3-7-24-11/h3-4,7-8H,5-6,9-10H2,1-2H3,(H,19,22)(H,20,23). The molecule has 2 aromatic heterocycles. The molecule has 2 aromatic rings. The summed E-state index contributed by atoms with van der Waals surface area (Å²) in [6, 6.07) is 5.02. The summed E-state index contributed by atoms with van der Waals surface area (Å²) in [5.41, 5.74) is 0.398. The van der Waals surface area contributed by atoms with Gasteiger partial charge in [-0.3, -0.25) is 14.4 Å². The molecule has 0 aliphatic heterocycles. The summed E-state index contributed by atoms with van der Waals surface area (Å²) < 4.78 is 5.19. The average Bonchev–Trinajstić information content (AvgIpc) is 2.98. The maximum atomic E-state index is 12.3.